The van der Waals surface area contributed by atoms with E-state index in [0.29, 0.717) is 10.7 Å². The molecule has 0 saturated carbocycles. The van der Waals surface area contributed by atoms with E-state index in [1.54, 1.807) is 24.3 Å². The highest BCUT2D eigenvalue weighted by atomic mass is 35.5. The van der Waals surface area contributed by atoms with Gasteiger partial charge in [0.15, 0.2) is 0 Å². The molecule has 5 heteroatoms. The van der Waals surface area contributed by atoms with Crippen molar-refractivity contribution < 1.29 is 9.59 Å². The third-order valence-corrected chi connectivity index (χ3v) is 3.55. The fourth-order valence-electron chi connectivity index (χ4n) is 2.29. The van der Waals surface area contributed by atoms with Crippen LogP contribution in [0.15, 0.2) is 24.3 Å². The molecule has 1 N–H and O–H groups in total. The van der Waals surface area contributed by atoms with Gasteiger partial charge in [-0.25, -0.2) is 0 Å². The van der Waals surface area contributed by atoms with Crippen LogP contribution in [0.2, 0.25) is 5.02 Å². The molecule has 1 fully saturated rings. The van der Waals surface area contributed by atoms with E-state index >= 15 is 0 Å². The predicted octanol–water partition coefficient (Wildman–Crippen LogP) is 2.33. The van der Waals surface area contributed by atoms with Gasteiger partial charge in [0.1, 0.15) is 6.29 Å². The summed E-state index contributed by atoms with van der Waals surface area (Å²) < 4.78 is 0. The van der Waals surface area contributed by atoms with Gasteiger partial charge in [0.25, 0.3) is 0 Å². The number of rotatable bonds is 4. The molecule has 1 aromatic carbocycles. The van der Waals surface area contributed by atoms with Crippen LogP contribution < -0.4 is 5.32 Å². The van der Waals surface area contributed by atoms with Crippen molar-refractivity contribution in [1.29, 1.82) is 0 Å². The molecule has 1 unspecified atom stereocenters. The molecule has 1 aliphatic rings. The van der Waals surface area contributed by atoms with Gasteiger partial charge < -0.3 is 10.1 Å². The second-order valence-corrected chi connectivity index (χ2v) is 5.16. The molecule has 0 aliphatic carbocycles. The molecule has 2 rings (SSSR count). The van der Waals surface area contributed by atoms with Gasteiger partial charge in [-0.05, 0) is 43.7 Å². The largest absolute Gasteiger partial charge is 0.325 e. The van der Waals surface area contributed by atoms with Crippen LogP contribution in [0.3, 0.4) is 0 Å². The maximum absolute atomic E-state index is 11.9. The number of likely N-dealkylation sites (tertiary alicyclic amines) is 1. The van der Waals surface area contributed by atoms with Crippen molar-refractivity contribution >= 4 is 29.5 Å². The Bertz CT molecular complexity index is 447. The molecule has 1 aliphatic heterocycles. The number of hydrogen-bond donors (Lipinski definition) is 1. The van der Waals surface area contributed by atoms with E-state index in [-0.39, 0.29) is 18.5 Å². The Morgan fingerprint density at radius 2 is 2.11 bits per heavy atom. The molecule has 1 saturated heterocycles. The van der Waals surface area contributed by atoms with Crippen molar-refractivity contribution in [2.45, 2.75) is 25.3 Å². The van der Waals surface area contributed by atoms with Gasteiger partial charge in [0.2, 0.25) is 5.91 Å². The minimum atomic E-state index is -0.121. The quantitative estimate of drug-likeness (QED) is 0.861. The lowest BCUT2D eigenvalue weighted by Crippen LogP contribution is -2.44. The number of carbonyl (C=O) groups is 2. The van der Waals surface area contributed by atoms with Crippen LogP contribution in [0.5, 0.6) is 0 Å². The SMILES string of the molecule is O=CC1CCCCN1CC(=O)Nc1ccc(Cl)cc1. The first-order valence-corrected chi connectivity index (χ1v) is 6.81. The van der Waals surface area contributed by atoms with Crippen LogP contribution in [-0.2, 0) is 9.59 Å². The summed E-state index contributed by atoms with van der Waals surface area (Å²) in [5.74, 6) is -0.101. The molecule has 0 spiro atoms. The van der Waals surface area contributed by atoms with E-state index in [0.717, 1.165) is 32.1 Å². The third kappa shape index (κ3) is 4.04. The van der Waals surface area contributed by atoms with Crippen LogP contribution in [0.1, 0.15) is 19.3 Å². The minimum absolute atomic E-state index is 0.101. The third-order valence-electron chi connectivity index (χ3n) is 3.30. The number of aldehydes is 1. The second kappa shape index (κ2) is 6.68. The van der Waals surface area contributed by atoms with Crippen molar-refractivity contribution in [3.8, 4) is 0 Å². The van der Waals surface area contributed by atoms with E-state index in [1.165, 1.54) is 0 Å². The summed E-state index contributed by atoms with van der Waals surface area (Å²) in [6, 6.07) is 6.85. The summed E-state index contributed by atoms with van der Waals surface area (Å²) in [6.45, 7) is 1.06. The standard InChI is InChI=1S/C14H17ClN2O2/c15-11-4-6-12(7-5-11)16-14(19)9-17-8-2-1-3-13(17)10-18/h4-7,10,13H,1-3,8-9H2,(H,16,19). The van der Waals surface area contributed by atoms with Crippen LogP contribution in [0.25, 0.3) is 0 Å². The van der Waals surface area contributed by atoms with Crippen LogP contribution in [0.4, 0.5) is 5.69 Å². The fraction of sp³-hybridized carbons (Fsp3) is 0.429. The Morgan fingerprint density at radius 3 is 2.79 bits per heavy atom. The van der Waals surface area contributed by atoms with Crippen molar-refractivity contribution in [2.75, 3.05) is 18.4 Å². The molecule has 1 amide bonds. The highest BCUT2D eigenvalue weighted by Gasteiger charge is 2.23. The summed E-state index contributed by atoms with van der Waals surface area (Å²) in [5.41, 5.74) is 0.717. The van der Waals surface area contributed by atoms with Crippen molar-refractivity contribution in [3.63, 3.8) is 0 Å². The van der Waals surface area contributed by atoms with Gasteiger partial charge in [-0.3, -0.25) is 9.69 Å². The molecule has 0 bridgehead atoms. The first-order valence-electron chi connectivity index (χ1n) is 6.44. The highest BCUT2D eigenvalue weighted by molar-refractivity contribution is 6.30. The maximum atomic E-state index is 11.9. The molecule has 0 radical (unpaired) electrons. The number of amides is 1. The second-order valence-electron chi connectivity index (χ2n) is 4.72. The first kappa shape index (κ1) is 14.0. The van der Waals surface area contributed by atoms with Gasteiger partial charge in [0, 0.05) is 10.7 Å². The molecular weight excluding hydrogens is 264 g/mol. The van der Waals surface area contributed by atoms with Gasteiger partial charge in [-0.1, -0.05) is 18.0 Å². The van der Waals surface area contributed by atoms with E-state index in [9.17, 15) is 9.59 Å². The number of nitrogens with zero attached hydrogens (tertiary/aromatic N) is 1. The molecule has 4 nitrogen and oxygen atoms in total. The van der Waals surface area contributed by atoms with Gasteiger partial charge in [-0.2, -0.15) is 0 Å². The topological polar surface area (TPSA) is 49.4 Å². The lowest BCUT2D eigenvalue weighted by molar-refractivity contribution is -0.120. The summed E-state index contributed by atoms with van der Waals surface area (Å²) in [7, 11) is 0. The van der Waals surface area contributed by atoms with E-state index < -0.39 is 0 Å². The van der Waals surface area contributed by atoms with Crippen LogP contribution in [0, 0.1) is 0 Å². The molecule has 1 aromatic rings. The molecule has 1 atom stereocenters. The van der Waals surface area contributed by atoms with E-state index in [4.69, 9.17) is 11.6 Å². The zero-order valence-corrected chi connectivity index (χ0v) is 11.4. The zero-order chi connectivity index (χ0) is 13.7. The van der Waals surface area contributed by atoms with Crippen molar-refractivity contribution in [3.05, 3.63) is 29.3 Å². The van der Waals surface area contributed by atoms with E-state index in [1.807, 2.05) is 4.90 Å². The Hall–Kier alpha value is -1.39. The molecule has 102 valence electrons. The predicted molar refractivity (Wildman–Crippen MR) is 75.4 cm³/mol. The van der Waals surface area contributed by atoms with Gasteiger partial charge in [0.05, 0.1) is 12.6 Å². The number of benzene rings is 1. The summed E-state index contributed by atoms with van der Waals surface area (Å²) >= 11 is 5.78. The minimum Gasteiger partial charge on any atom is -0.325 e. The van der Waals surface area contributed by atoms with Crippen molar-refractivity contribution in [1.82, 2.24) is 4.90 Å². The van der Waals surface area contributed by atoms with Gasteiger partial charge in [-0.15, -0.1) is 0 Å². The summed E-state index contributed by atoms with van der Waals surface area (Å²) in [4.78, 5) is 24.8. The number of piperidine rings is 1. The number of halogens is 1. The average Bonchev–Trinajstić information content (AvgIpc) is 2.42. The Kier molecular flexibility index (Phi) is 4.93. The summed E-state index contributed by atoms with van der Waals surface area (Å²) in [6.07, 6.45) is 3.88. The number of nitrogens with one attached hydrogen (secondary N) is 1. The Labute approximate surface area is 117 Å². The number of anilines is 1. The maximum Gasteiger partial charge on any atom is 0.238 e. The van der Waals surface area contributed by atoms with Crippen molar-refractivity contribution in [2.24, 2.45) is 0 Å². The number of carbonyl (C=O) groups excluding carboxylic acids is 2. The average molecular weight is 281 g/mol. The molecule has 0 aromatic heterocycles. The Morgan fingerprint density at radius 1 is 1.37 bits per heavy atom. The zero-order valence-electron chi connectivity index (χ0n) is 10.6. The fourth-order valence-corrected chi connectivity index (χ4v) is 2.41. The van der Waals surface area contributed by atoms with Gasteiger partial charge >= 0.3 is 0 Å². The monoisotopic (exact) mass is 280 g/mol. The first-order chi connectivity index (χ1) is 9.19. The van der Waals surface area contributed by atoms with E-state index in [2.05, 4.69) is 5.32 Å². The molecular formula is C14H17ClN2O2. The Balaban J connectivity index is 1.89. The van der Waals surface area contributed by atoms with Crippen LogP contribution in [-0.4, -0.2) is 36.2 Å². The smallest absolute Gasteiger partial charge is 0.238 e. The lowest BCUT2D eigenvalue weighted by Gasteiger charge is -2.31. The highest BCUT2D eigenvalue weighted by Crippen LogP contribution is 2.16. The molecule has 19 heavy (non-hydrogen) atoms. The summed E-state index contributed by atoms with van der Waals surface area (Å²) in [5, 5.41) is 3.44. The molecule has 1 heterocycles. The number of hydrogen-bond acceptors (Lipinski definition) is 3. The van der Waals surface area contributed by atoms with Crippen LogP contribution >= 0.6 is 11.6 Å². The lowest BCUT2D eigenvalue weighted by atomic mass is 10.0. The normalized spacial score (nSPS) is 19.9.